The molecule has 5 fully saturated rings. The van der Waals surface area contributed by atoms with Crippen molar-refractivity contribution in [1.29, 1.82) is 0 Å². The molecule has 5 aliphatic heterocycles. The third-order valence-electron chi connectivity index (χ3n) is 14.4. The molecule has 440 valence electrons. The fourth-order valence-electron chi connectivity index (χ4n) is 10.2. The minimum Gasteiger partial charge on any atom is -0.394 e. The van der Waals surface area contributed by atoms with Crippen LogP contribution in [0.2, 0.25) is 0 Å². The van der Waals surface area contributed by atoms with Crippen LogP contribution in [0.5, 0.6) is 0 Å². The van der Waals surface area contributed by atoms with Crippen LogP contribution in [0.3, 0.4) is 0 Å². The Bertz CT molecular complexity index is 2180. The second kappa shape index (κ2) is 28.4. The normalized spacial score (nSPS) is 31.2. The fraction of sp³-hybridized carbons (Fsp3) is 0.787. The standard InChI is InChI=1S/C47H77N11O20/c1-20(39(48)68)50-42(71)27-11-8-14-57(27)45(74)28-12-9-15-58(28)44(73)21(2)51-43(72)32(55-40(69)25(17-59)54-31(64)16-49-41(70)26-10-7-13-56(26)6)22(3)75-47-34(53-24(5)63)38(36(66)30(19-61)77-47)78-46-33(52-23(4)62)37(67)35(65)29(18-60)76-46/h20-22,25-30,32-38,46-47,59-61,65-67H,7-19H2,1-6H3,(H2,48,68)(H,49,70)(H,50,71)(H,51,72)(H,52,62)(H,53,63)(H,54,64)(H,55,69)/t20?,21?,22?,25?,26?,27?,28?,29?,30?,32?,33-,34-,35+,36-,37?,38?,46-,47-/m0/s1. The van der Waals surface area contributed by atoms with Gasteiger partial charge >= 0.3 is 0 Å². The largest absolute Gasteiger partial charge is 0.394 e. The molecule has 0 aromatic carbocycles. The number of likely N-dealkylation sites (tertiary alicyclic amines) is 3. The molecule has 31 nitrogen and oxygen atoms in total. The average molecular weight is 1120 g/mol. The van der Waals surface area contributed by atoms with E-state index in [1.807, 2.05) is 0 Å². The van der Waals surface area contributed by atoms with Gasteiger partial charge in [0.1, 0.15) is 85.0 Å². The van der Waals surface area contributed by atoms with Crippen molar-refractivity contribution in [1.82, 2.24) is 51.9 Å². The molecule has 31 heteroatoms. The lowest BCUT2D eigenvalue weighted by molar-refractivity contribution is -0.332. The summed E-state index contributed by atoms with van der Waals surface area (Å²) in [5.74, 6) is -7.87. The van der Waals surface area contributed by atoms with Crippen LogP contribution < -0.4 is 43.0 Å². The molecule has 0 aliphatic carbocycles. The van der Waals surface area contributed by atoms with Gasteiger partial charge in [-0.2, -0.15) is 0 Å². The van der Waals surface area contributed by atoms with Gasteiger partial charge in [-0.05, 0) is 72.9 Å². The van der Waals surface area contributed by atoms with Gasteiger partial charge in [0.25, 0.3) is 0 Å². The molecule has 0 saturated carbocycles. The molecule has 18 atom stereocenters. The average Bonchev–Trinajstić information content (AvgIpc) is 4.25. The lowest BCUT2D eigenvalue weighted by Gasteiger charge is -2.48. The van der Waals surface area contributed by atoms with Crippen molar-refractivity contribution < 1.29 is 97.5 Å². The number of carbonyl (C=O) groups is 10. The Morgan fingerprint density at radius 3 is 1.82 bits per heavy atom. The number of hydrogen-bond acceptors (Lipinski definition) is 21. The van der Waals surface area contributed by atoms with E-state index in [4.69, 9.17) is 24.7 Å². The van der Waals surface area contributed by atoms with E-state index in [1.54, 1.807) is 11.9 Å². The number of nitrogens with zero attached hydrogens (tertiary/aromatic N) is 3. The van der Waals surface area contributed by atoms with Crippen LogP contribution in [-0.2, 0) is 66.9 Å². The Morgan fingerprint density at radius 2 is 1.23 bits per heavy atom. The summed E-state index contributed by atoms with van der Waals surface area (Å²) in [4.78, 5) is 137. The van der Waals surface area contributed by atoms with Crippen LogP contribution in [0.25, 0.3) is 0 Å². The summed E-state index contributed by atoms with van der Waals surface area (Å²) in [7, 11) is 1.75. The van der Waals surface area contributed by atoms with Gasteiger partial charge < -0.3 is 102 Å². The molecular weight excluding hydrogens is 1040 g/mol. The molecule has 0 aromatic heterocycles. The Labute approximate surface area is 449 Å². The van der Waals surface area contributed by atoms with E-state index in [-0.39, 0.29) is 25.9 Å². The molecule has 0 radical (unpaired) electrons. The SMILES string of the molecule is CC(=O)N[C@H]1C(O)[C@H](O)C(CO)O[C@H]1OC1[C@@H](O)C(CO)O[C@H](OC(C)C(NC(=O)C(CO)NC(=O)CNC(=O)C2CCCN2C)C(=O)NC(C)C(=O)N2CCCC2C(=O)N2CCCC2C(=O)NC(C)C(N)=O)[C@H]1NC(C)=O. The van der Waals surface area contributed by atoms with E-state index in [0.717, 1.165) is 20.3 Å². The lowest BCUT2D eigenvalue weighted by Crippen LogP contribution is -2.70. The Kier molecular flexibility index (Phi) is 23.0. The number of aliphatic hydroxyl groups is 6. The molecule has 12 unspecified atom stereocenters. The number of primary amides is 1. The fourth-order valence-corrected chi connectivity index (χ4v) is 10.2. The second-order valence-electron chi connectivity index (χ2n) is 20.2. The van der Waals surface area contributed by atoms with E-state index in [0.29, 0.717) is 25.8 Å². The minimum atomic E-state index is -1.92. The minimum absolute atomic E-state index is 0.0660. The number of carbonyl (C=O) groups excluding carboxylic acids is 10. The van der Waals surface area contributed by atoms with Crippen LogP contribution in [0.1, 0.15) is 73.1 Å². The molecule has 5 aliphatic rings. The third-order valence-corrected chi connectivity index (χ3v) is 14.4. The van der Waals surface area contributed by atoms with Crippen LogP contribution in [0.4, 0.5) is 0 Å². The van der Waals surface area contributed by atoms with Gasteiger partial charge in [0.15, 0.2) is 12.6 Å². The number of aliphatic hydroxyl groups excluding tert-OH is 6. The van der Waals surface area contributed by atoms with E-state index in [2.05, 4.69) is 37.2 Å². The Hall–Kier alpha value is -5.74. The van der Waals surface area contributed by atoms with Crippen molar-refractivity contribution in [3.05, 3.63) is 0 Å². The van der Waals surface area contributed by atoms with E-state index < -0.39 is 195 Å². The first-order valence-corrected chi connectivity index (χ1v) is 25.9. The highest BCUT2D eigenvalue weighted by molar-refractivity contribution is 5.98. The molecule has 0 spiro atoms. The molecule has 5 rings (SSSR count). The summed E-state index contributed by atoms with van der Waals surface area (Å²) in [6.07, 6.45) is -13.0. The zero-order valence-electron chi connectivity index (χ0n) is 44.4. The van der Waals surface area contributed by atoms with Crippen molar-refractivity contribution in [3.63, 3.8) is 0 Å². The van der Waals surface area contributed by atoms with Gasteiger partial charge in [-0.1, -0.05) is 0 Å². The topological polar surface area (TPSA) is 449 Å². The number of nitrogens with one attached hydrogen (secondary N) is 7. The molecular formula is C47H77N11O20. The van der Waals surface area contributed by atoms with E-state index in [1.165, 1.54) is 30.6 Å². The van der Waals surface area contributed by atoms with Crippen molar-refractivity contribution in [2.24, 2.45) is 5.73 Å². The zero-order chi connectivity index (χ0) is 57.9. The number of hydrogen-bond donors (Lipinski definition) is 14. The lowest BCUT2D eigenvalue weighted by atomic mass is 9.94. The van der Waals surface area contributed by atoms with Crippen LogP contribution in [-0.4, -0.2) is 267 Å². The first-order valence-electron chi connectivity index (χ1n) is 25.9. The van der Waals surface area contributed by atoms with Gasteiger partial charge in [-0.3, -0.25) is 52.8 Å². The third kappa shape index (κ3) is 15.5. The highest BCUT2D eigenvalue weighted by atomic mass is 16.7. The molecule has 0 bridgehead atoms. The first-order chi connectivity index (χ1) is 36.8. The van der Waals surface area contributed by atoms with Crippen molar-refractivity contribution >= 4 is 59.1 Å². The number of nitrogens with two attached hydrogens (primary N) is 1. The summed E-state index contributed by atoms with van der Waals surface area (Å²) in [6, 6.07) is -11.9. The molecule has 15 N–H and O–H groups in total. The summed E-state index contributed by atoms with van der Waals surface area (Å²) in [5, 5.41) is 80.9. The van der Waals surface area contributed by atoms with Crippen molar-refractivity contribution in [2.45, 2.75) is 183 Å². The maximum atomic E-state index is 14.6. The van der Waals surface area contributed by atoms with Crippen molar-refractivity contribution in [3.8, 4) is 0 Å². The summed E-state index contributed by atoms with van der Waals surface area (Å²) < 4.78 is 23.9. The predicted molar refractivity (Wildman–Crippen MR) is 264 cm³/mol. The van der Waals surface area contributed by atoms with Crippen LogP contribution >= 0.6 is 0 Å². The summed E-state index contributed by atoms with van der Waals surface area (Å²) >= 11 is 0. The molecule has 78 heavy (non-hydrogen) atoms. The van der Waals surface area contributed by atoms with Crippen LogP contribution in [0.15, 0.2) is 0 Å². The number of ether oxygens (including phenoxy) is 4. The van der Waals surface area contributed by atoms with Gasteiger partial charge in [0.05, 0.1) is 38.5 Å². The second-order valence-corrected chi connectivity index (χ2v) is 20.2. The van der Waals surface area contributed by atoms with Gasteiger partial charge in [-0.15, -0.1) is 0 Å². The molecule has 5 saturated heterocycles. The number of amides is 10. The highest BCUT2D eigenvalue weighted by Crippen LogP contribution is 2.31. The molecule has 0 aromatic rings. The predicted octanol–water partition coefficient (Wildman–Crippen LogP) is -9.05. The van der Waals surface area contributed by atoms with E-state index in [9.17, 15) is 78.6 Å². The molecule has 5 heterocycles. The maximum Gasteiger partial charge on any atom is 0.246 e. The van der Waals surface area contributed by atoms with E-state index >= 15 is 0 Å². The van der Waals surface area contributed by atoms with Gasteiger partial charge in [0.2, 0.25) is 59.1 Å². The van der Waals surface area contributed by atoms with Crippen LogP contribution in [0, 0.1) is 0 Å². The summed E-state index contributed by atoms with van der Waals surface area (Å²) in [6.45, 7) is 3.52. The van der Waals surface area contributed by atoms with Crippen molar-refractivity contribution in [2.75, 3.05) is 53.0 Å². The first kappa shape index (κ1) is 63.1. The smallest absolute Gasteiger partial charge is 0.246 e. The summed E-state index contributed by atoms with van der Waals surface area (Å²) in [5.41, 5.74) is 5.32. The molecule has 10 amide bonds. The highest BCUT2D eigenvalue weighted by Gasteiger charge is 2.53. The van der Waals surface area contributed by atoms with Gasteiger partial charge in [-0.25, -0.2) is 0 Å². The Balaban J connectivity index is 1.41. The van der Waals surface area contributed by atoms with Gasteiger partial charge in [0, 0.05) is 26.9 Å². The zero-order valence-corrected chi connectivity index (χ0v) is 44.4. The maximum absolute atomic E-state index is 14.6. The number of rotatable bonds is 23. The monoisotopic (exact) mass is 1120 g/mol. The number of likely N-dealkylation sites (N-methyl/N-ethyl adjacent to an activating group) is 1. The Morgan fingerprint density at radius 1 is 0.654 bits per heavy atom. The quantitative estimate of drug-likeness (QED) is 0.0452.